The summed E-state index contributed by atoms with van der Waals surface area (Å²) in [5.41, 5.74) is 2.84. The predicted octanol–water partition coefficient (Wildman–Crippen LogP) is 3.18. The van der Waals surface area contributed by atoms with E-state index < -0.39 is 0 Å². The average molecular weight is 343 g/mol. The lowest BCUT2D eigenvalue weighted by Crippen LogP contribution is -2.30. The number of amides is 1. The SMILES string of the molecule is COc1ccc(CCNC(=S)Nc2ccc(NC(C)=O)cc2)cc1. The highest BCUT2D eigenvalue weighted by Crippen LogP contribution is 2.13. The zero-order valence-electron chi connectivity index (χ0n) is 13.8. The van der Waals surface area contributed by atoms with Crippen LogP contribution < -0.4 is 20.7 Å². The Labute approximate surface area is 147 Å². The summed E-state index contributed by atoms with van der Waals surface area (Å²) in [6.07, 6.45) is 0.868. The molecule has 0 atom stereocenters. The van der Waals surface area contributed by atoms with Gasteiger partial charge in [-0.15, -0.1) is 0 Å². The first-order valence-electron chi connectivity index (χ1n) is 7.62. The molecule has 126 valence electrons. The van der Waals surface area contributed by atoms with E-state index in [2.05, 4.69) is 16.0 Å². The van der Waals surface area contributed by atoms with Gasteiger partial charge in [0, 0.05) is 24.8 Å². The molecule has 2 rings (SSSR count). The molecule has 2 aromatic carbocycles. The Morgan fingerprint density at radius 3 is 2.12 bits per heavy atom. The zero-order chi connectivity index (χ0) is 17.4. The molecule has 2 aromatic rings. The number of anilines is 2. The van der Waals surface area contributed by atoms with Gasteiger partial charge in [-0.05, 0) is 60.6 Å². The number of carbonyl (C=O) groups is 1. The van der Waals surface area contributed by atoms with Crippen LogP contribution in [0, 0.1) is 0 Å². The highest BCUT2D eigenvalue weighted by molar-refractivity contribution is 7.80. The largest absolute Gasteiger partial charge is 0.497 e. The molecule has 0 radical (unpaired) electrons. The maximum Gasteiger partial charge on any atom is 0.221 e. The van der Waals surface area contributed by atoms with Gasteiger partial charge < -0.3 is 20.7 Å². The monoisotopic (exact) mass is 343 g/mol. The summed E-state index contributed by atoms with van der Waals surface area (Å²) in [5, 5.41) is 9.58. The van der Waals surface area contributed by atoms with Crippen molar-refractivity contribution in [1.29, 1.82) is 0 Å². The Morgan fingerprint density at radius 1 is 1.00 bits per heavy atom. The number of thiocarbonyl (C=S) groups is 1. The Bertz CT molecular complexity index is 684. The third kappa shape index (κ3) is 5.89. The lowest BCUT2D eigenvalue weighted by Gasteiger charge is -2.11. The average Bonchev–Trinajstić information content (AvgIpc) is 2.57. The van der Waals surface area contributed by atoms with E-state index in [1.54, 1.807) is 7.11 Å². The maximum absolute atomic E-state index is 11.0. The molecule has 3 N–H and O–H groups in total. The summed E-state index contributed by atoms with van der Waals surface area (Å²) in [4.78, 5) is 11.0. The number of rotatable bonds is 6. The van der Waals surface area contributed by atoms with E-state index in [9.17, 15) is 4.79 Å². The molecular formula is C18H21N3O2S. The van der Waals surface area contributed by atoms with Crippen LogP contribution in [-0.2, 0) is 11.2 Å². The molecule has 0 spiro atoms. The second-order valence-corrected chi connectivity index (χ2v) is 5.65. The molecule has 24 heavy (non-hydrogen) atoms. The molecule has 1 amide bonds. The molecule has 0 aromatic heterocycles. The summed E-state index contributed by atoms with van der Waals surface area (Å²) >= 11 is 5.28. The molecule has 0 bridgehead atoms. The fourth-order valence-corrected chi connectivity index (χ4v) is 2.35. The summed E-state index contributed by atoms with van der Waals surface area (Å²) in [7, 11) is 1.66. The molecular weight excluding hydrogens is 322 g/mol. The number of benzene rings is 2. The van der Waals surface area contributed by atoms with Crippen molar-refractivity contribution in [3.8, 4) is 5.75 Å². The normalized spacial score (nSPS) is 9.92. The fourth-order valence-electron chi connectivity index (χ4n) is 2.13. The summed E-state index contributed by atoms with van der Waals surface area (Å²) in [5.74, 6) is 0.762. The quantitative estimate of drug-likeness (QED) is 0.703. The zero-order valence-corrected chi connectivity index (χ0v) is 14.6. The van der Waals surface area contributed by atoms with Crippen molar-refractivity contribution in [2.75, 3.05) is 24.3 Å². The van der Waals surface area contributed by atoms with Crippen molar-refractivity contribution in [2.24, 2.45) is 0 Å². The molecule has 0 saturated carbocycles. The van der Waals surface area contributed by atoms with Crippen LogP contribution in [-0.4, -0.2) is 24.7 Å². The van der Waals surface area contributed by atoms with Crippen molar-refractivity contribution >= 4 is 34.6 Å². The van der Waals surface area contributed by atoms with Gasteiger partial charge in [-0.1, -0.05) is 12.1 Å². The van der Waals surface area contributed by atoms with Crippen molar-refractivity contribution in [3.05, 3.63) is 54.1 Å². The maximum atomic E-state index is 11.0. The van der Waals surface area contributed by atoms with Gasteiger partial charge in [-0.25, -0.2) is 0 Å². The summed E-state index contributed by atoms with van der Waals surface area (Å²) in [6.45, 7) is 2.22. The van der Waals surface area contributed by atoms with Gasteiger partial charge in [0.2, 0.25) is 5.91 Å². The van der Waals surface area contributed by atoms with Crippen LogP contribution in [0.2, 0.25) is 0 Å². The molecule has 0 saturated heterocycles. The predicted molar refractivity (Wildman–Crippen MR) is 102 cm³/mol. The number of carbonyl (C=O) groups excluding carboxylic acids is 1. The van der Waals surface area contributed by atoms with Gasteiger partial charge in [0.15, 0.2) is 5.11 Å². The number of hydrogen-bond donors (Lipinski definition) is 3. The molecule has 0 unspecified atom stereocenters. The van der Waals surface area contributed by atoms with E-state index in [4.69, 9.17) is 17.0 Å². The van der Waals surface area contributed by atoms with Gasteiger partial charge in [0.25, 0.3) is 0 Å². The molecule has 6 heteroatoms. The van der Waals surface area contributed by atoms with Crippen LogP contribution in [0.4, 0.5) is 11.4 Å². The summed E-state index contributed by atoms with van der Waals surface area (Å²) in [6, 6.07) is 15.3. The van der Waals surface area contributed by atoms with Crippen molar-refractivity contribution < 1.29 is 9.53 Å². The van der Waals surface area contributed by atoms with Crippen LogP contribution >= 0.6 is 12.2 Å². The Hall–Kier alpha value is -2.60. The smallest absolute Gasteiger partial charge is 0.221 e. The highest BCUT2D eigenvalue weighted by atomic mass is 32.1. The molecule has 0 aliphatic carbocycles. The van der Waals surface area contributed by atoms with E-state index in [-0.39, 0.29) is 5.91 Å². The Morgan fingerprint density at radius 2 is 1.58 bits per heavy atom. The van der Waals surface area contributed by atoms with Crippen molar-refractivity contribution in [2.45, 2.75) is 13.3 Å². The molecule has 5 nitrogen and oxygen atoms in total. The molecule has 0 aliphatic heterocycles. The van der Waals surface area contributed by atoms with Crippen LogP contribution in [0.25, 0.3) is 0 Å². The minimum Gasteiger partial charge on any atom is -0.497 e. The van der Waals surface area contributed by atoms with E-state index in [1.807, 2.05) is 48.5 Å². The lowest BCUT2D eigenvalue weighted by atomic mass is 10.1. The van der Waals surface area contributed by atoms with Crippen molar-refractivity contribution in [1.82, 2.24) is 5.32 Å². The second-order valence-electron chi connectivity index (χ2n) is 5.24. The van der Waals surface area contributed by atoms with Gasteiger partial charge in [-0.2, -0.15) is 0 Å². The van der Waals surface area contributed by atoms with Crippen LogP contribution in [0.3, 0.4) is 0 Å². The third-order valence-electron chi connectivity index (χ3n) is 3.32. The van der Waals surface area contributed by atoms with Gasteiger partial charge >= 0.3 is 0 Å². The number of nitrogens with one attached hydrogen (secondary N) is 3. The van der Waals surface area contributed by atoms with E-state index in [0.29, 0.717) is 5.11 Å². The van der Waals surface area contributed by atoms with E-state index >= 15 is 0 Å². The summed E-state index contributed by atoms with van der Waals surface area (Å²) < 4.78 is 5.14. The first-order chi connectivity index (χ1) is 11.6. The van der Waals surface area contributed by atoms with E-state index in [0.717, 1.165) is 30.1 Å². The first kappa shape index (κ1) is 17.7. The lowest BCUT2D eigenvalue weighted by molar-refractivity contribution is -0.114. The molecule has 0 fully saturated rings. The number of hydrogen-bond acceptors (Lipinski definition) is 3. The standard InChI is InChI=1S/C18H21N3O2S/c1-13(22)20-15-5-7-16(8-6-15)21-18(24)19-12-11-14-3-9-17(23-2)10-4-14/h3-10H,11-12H2,1-2H3,(H,20,22)(H2,19,21,24). The second kappa shape index (κ2) is 8.88. The minimum absolute atomic E-state index is 0.0913. The molecule has 0 aliphatic rings. The first-order valence-corrected chi connectivity index (χ1v) is 8.03. The Balaban J connectivity index is 1.75. The number of methoxy groups -OCH3 is 1. The van der Waals surface area contributed by atoms with Crippen LogP contribution in [0.5, 0.6) is 5.75 Å². The Kier molecular flexibility index (Phi) is 6.57. The van der Waals surface area contributed by atoms with Gasteiger partial charge in [0.1, 0.15) is 5.75 Å². The molecule has 0 heterocycles. The fraction of sp³-hybridized carbons (Fsp3) is 0.222. The van der Waals surface area contributed by atoms with E-state index in [1.165, 1.54) is 12.5 Å². The van der Waals surface area contributed by atoms with Gasteiger partial charge in [-0.3, -0.25) is 4.79 Å². The highest BCUT2D eigenvalue weighted by Gasteiger charge is 2.00. The van der Waals surface area contributed by atoms with Crippen molar-refractivity contribution in [3.63, 3.8) is 0 Å². The number of ether oxygens (including phenoxy) is 1. The third-order valence-corrected chi connectivity index (χ3v) is 3.57. The van der Waals surface area contributed by atoms with Crippen LogP contribution in [0.15, 0.2) is 48.5 Å². The van der Waals surface area contributed by atoms with Crippen LogP contribution in [0.1, 0.15) is 12.5 Å². The van der Waals surface area contributed by atoms with Gasteiger partial charge in [0.05, 0.1) is 7.11 Å². The topological polar surface area (TPSA) is 62.4 Å². The minimum atomic E-state index is -0.0913.